The molecule has 4 nitrogen and oxygen atoms in total. The number of rotatable bonds is 6. The Kier molecular flexibility index (Phi) is 5.40. The Labute approximate surface area is 168 Å². The lowest BCUT2D eigenvalue weighted by atomic mass is 10.0. The SMILES string of the molecule is O=C(Cc1ccc(Cl)cc1)N[C@@H](Cc1ccccc1)c1nc2ccccc2[nH]1. The summed E-state index contributed by atoms with van der Waals surface area (Å²) >= 11 is 5.93. The molecule has 0 aliphatic carbocycles. The number of fused-ring (bicyclic) bond motifs is 1. The monoisotopic (exact) mass is 389 g/mol. The van der Waals surface area contributed by atoms with E-state index in [2.05, 4.69) is 22.4 Å². The fourth-order valence-electron chi connectivity index (χ4n) is 3.24. The Morgan fingerprint density at radius 3 is 2.39 bits per heavy atom. The number of aromatic nitrogens is 2. The van der Waals surface area contributed by atoms with Gasteiger partial charge in [-0.3, -0.25) is 4.79 Å². The molecule has 1 atom stereocenters. The first-order valence-electron chi connectivity index (χ1n) is 9.20. The molecule has 0 unspecified atom stereocenters. The van der Waals surface area contributed by atoms with Crippen molar-refractivity contribution in [3.63, 3.8) is 0 Å². The van der Waals surface area contributed by atoms with Gasteiger partial charge in [0.25, 0.3) is 0 Å². The lowest BCUT2D eigenvalue weighted by Gasteiger charge is -2.17. The summed E-state index contributed by atoms with van der Waals surface area (Å²) in [5.41, 5.74) is 3.91. The van der Waals surface area contributed by atoms with Crippen LogP contribution < -0.4 is 5.32 Å². The summed E-state index contributed by atoms with van der Waals surface area (Å²) in [7, 11) is 0. The van der Waals surface area contributed by atoms with Gasteiger partial charge in [-0.2, -0.15) is 0 Å². The highest BCUT2D eigenvalue weighted by Gasteiger charge is 2.19. The molecule has 0 aliphatic heterocycles. The first-order valence-corrected chi connectivity index (χ1v) is 9.57. The summed E-state index contributed by atoms with van der Waals surface area (Å²) in [6.07, 6.45) is 0.954. The van der Waals surface area contributed by atoms with Crippen LogP contribution in [0.25, 0.3) is 11.0 Å². The number of carbonyl (C=O) groups is 1. The van der Waals surface area contributed by atoms with Crippen molar-refractivity contribution < 1.29 is 4.79 Å². The molecule has 0 fully saturated rings. The molecule has 0 bridgehead atoms. The molecule has 3 aromatic carbocycles. The molecule has 140 valence electrons. The van der Waals surface area contributed by atoms with Gasteiger partial charge in [0.1, 0.15) is 5.82 Å². The van der Waals surface area contributed by atoms with Crippen LogP contribution in [0.2, 0.25) is 5.02 Å². The second-order valence-corrected chi connectivity index (χ2v) is 7.19. The maximum absolute atomic E-state index is 12.7. The highest BCUT2D eigenvalue weighted by molar-refractivity contribution is 6.30. The number of benzene rings is 3. The number of nitrogens with zero attached hydrogens (tertiary/aromatic N) is 1. The third kappa shape index (κ3) is 4.41. The van der Waals surface area contributed by atoms with E-state index in [1.165, 1.54) is 0 Å². The lowest BCUT2D eigenvalue weighted by molar-refractivity contribution is -0.121. The summed E-state index contributed by atoms with van der Waals surface area (Å²) in [5.74, 6) is 0.707. The summed E-state index contributed by atoms with van der Waals surface area (Å²) in [4.78, 5) is 20.7. The van der Waals surface area contributed by atoms with Gasteiger partial charge in [-0.05, 0) is 41.8 Å². The number of nitrogens with one attached hydrogen (secondary N) is 2. The molecule has 1 aromatic heterocycles. The maximum atomic E-state index is 12.7. The number of H-pyrrole nitrogens is 1. The Morgan fingerprint density at radius 2 is 1.64 bits per heavy atom. The second kappa shape index (κ2) is 8.28. The number of para-hydroxylation sites is 2. The number of aromatic amines is 1. The number of amides is 1. The summed E-state index contributed by atoms with van der Waals surface area (Å²) in [6, 6.07) is 25.1. The topological polar surface area (TPSA) is 57.8 Å². The van der Waals surface area contributed by atoms with Gasteiger partial charge in [-0.25, -0.2) is 4.98 Å². The van der Waals surface area contributed by atoms with Crippen molar-refractivity contribution in [1.29, 1.82) is 0 Å². The van der Waals surface area contributed by atoms with Gasteiger partial charge in [0.2, 0.25) is 5.91 Å². The predicted octanol–water partition coefficient (Wildman–Crippen LogP) is 4.86. The van der Waals surface area contributed by atoms with E-state index in [1.54, 1.807) is 12.1 Å². The zero-order valence-corrected chi connectivity index (χ0v) is 16.0. The van der Waals surface area contributed by atoms with Crippen LogP contribution in [0.4, 0.5) is 0 Å². The first kappa shape index (κ1) is 18.3. The molecule has 2 N–H and O–H groups in total. The molecule has 0 saturated heterocycles. The summed E-state index contributed by atoms with van der Waals surface area (Å²) in [5, 5.41) is 3.80. The minimum Gasteiger partial charge on any atom is -0.346 e. The Hall–Kier alpha value is -3.11. The summed E-state index contributed by atoms with van der Waals surface area (Å²) in [6.45, 7) is 0. The largest absolute Gasteiger partial charge is 0.346 e. The van der Waals surface area contributed by atoms with E-state index in [4.69, 9.17) is 16.6 Å². The van der Waals surface area contributed by atoms with E-state index in [0.717, 1.165) is 28.0 Å². The van der Waals surface area contributed by atoms with Crippen LogP contribution in [0, 0.1) is 0 Å². The van der Waals surface area contributed by atoms with Gasteiger partial charge in [-0.15, -0.1) is 0 Å². The van der Waals surface area contributed by atoms with Gasteiger partial charge in [0.05, 0.1) is 23.5 Å². The van der Waals surface area contributed by atoms with Gasteiger partial charge in [-0.1, -0.05) is 66.2 Å². The zero-order valence-electron chi connectivity index (χ0n) is 15.2. The average Bonchev–Trinajstić information content (AvgIpc) is 3.14. The molecule has 5 heteroatoms. The lowest BCUT2D eigenvalue weighted by Crippen LogP contribution is -2.32. The molecular weight excluding hydrogens is 370 g/mol. The van der Waals surface area contributed by atoms with Crippen molar-refractivity contribution in [1.82, 2.24) is 15.3 Å². The van der Waals surface area contributed by atoms with E-state index in [1.807, 2.05) is 54.6 Å². The van der Waals surface area contributed by atoms with Crippen LogP contribution in [0.3, 0.4) is 0 Å². The maximum Gasteiger partial charge on any atom is 0.225 e. The quantitative estimate of drug-likeness (QED) is 0.494. The van der Waals surface area contributed by atoms with E-state index in [0.29, 0.717) is 17.9 Å². The van der Waals surface area contributed by atoms with Crippen LogP contribution in [-0.2, 0) is 17.6 Å². The first-order chi connectivity index (χ1) is 13.7. The number of imidazole rings is 1. The fraction of sp³-hybridized carbons (Fsp3) is 0.130. The Balaban J connectivity index is 1.56. The van der Waals surface area contributed by atoms with Gasteiger partial charge < -0.3 is 10.3 Å². The van der Waals surface area contributed by atoms with Crippen LogP contribution >= 0.6 is 11.6 Å². The molecule has 0 spiro atoms. The molecular formula is C23H20ClN3O. The highest BCUT2D eigenvalue weighted by atomic mass is 35.5. The molecule has 0 radical (unpaired) electrons. The number of hydrogen-bond acceptors (Lipinski definition) is 2. The minimum absolute atomic E-state index is 0.0521. The highest BCUT2D eigenvalue weighted by Crippen LogP contribution is 2.20. The van der Waals surface area contributed by atoms with Crippen LogP contribution in [-0.4, -0.2) is 15.9 Å². The van der Waals surface area contributed by atoms with Crippen molar-refractivity contribution in [3.8, 4) is 0 Å². The minimum atomic E-state index is -0.241. The summed E-state index contributed by atoms with van der Waals surface area (Å²) < 4.78 is 0. The normalized spacial score (nSPS) is 12.0. The molecule has 0 saturated carbocycles. The van der Waals surface area contributed by atoms with Crippen molar-refractivity contribution >= 4 is 28.5 Å². The third-order valence-corrected chi connectivity index (χ3v) is 4.89. The van der Waals surface area contributed by atoms with Crippen LogP contribution in [0.1, 0.15) is 23.0 Å². The molecule has 1 heterocycles. The molecule has 4 rings (SSSR count). The predicted molar refractivity (Wildman–Crippen MR) is 112 cm³/mol. The molecule has 0 aliphatic rings. The number of halogens is 1. The van der Waals surface area contributed by atoms with Crippen LogP contribution in [0.5, 0.6) is 0 Å². The molecule has 1 amide bonds. The van der Waals surface area contributed by atoms with Gasteiger partial charge in [0, 0.05) is 5.02 Å². The second-order valence-electron chi connectivity index (χ2n) is 6.75. The van der Waals surface area contributed by atoms with Crippen molar-refractivity contribution in [2.24, 2.45) is 0 Å². The fourth-order valence-corrected chi connectivity index (χ4v) is 3.36. The van der Waals surface area contributed by atoms with Crippen LogP contribution in [0.15, 0.2) is 78.9 Å². The van der Waals surface area contributed by atoms with Gasteiger partial charge >= 0.3 is 0 Å². The van der Waals surface area contributed by atoms with E-state index in [-0.39, 0.29) is 11.9 Å². The standard InChI is InChI=1S/C23H20ClN3O/c24-18-12-10-17(11-13-18)15-22(28)25-21(14-16-6-2-1-3-7-16)23-26-19-8-4-5-9-20(19)27-23/h1-13,21H,14-15H2,(H,25,28)(H,26,27)/t21-/m0/s1. The Morgan fingerprint density at radius 1 is 0.929 bits per heavy atom. The third-order valence-electron chi connectivity index (χ3n) is 4.63. The van der Waals surface area contributed by atoms with E-state index in [9.17, 15) is 4.79 Å². The molecule has 4 aromatic rings. The van der Waals surface area contributed by atoms with E-state index < -0.39 is 0 Å². The zero-order chi connectivity index (χ0) is 19.3. The van der Waals surface area contributed by atoms with Crippen molar-refractivity contribution in [3.05, 3.63) is 101 Å². The van der Waals surface area contributed by atoms with Gasteiger partial charge in [0.15, 0.2) is 0 Å². The number of hydrogen-bond donors (Lipinski definition) is 2. The number of carbonyl (C=O) groups excluding carboxylic acids is 1. The van der Waals surface area contributed by atoms with Crippen molar-refractivity contribution in [2.75, 3.05) is 0 Å². The van der Waals surface area contributed by atoms with Crippen molar-refractivity contribution in [2.45, 2.75) is 18.9 Å². The smallest absolute Gasteiger partial charge is 0.225 e. The molecule has 28 heavy (non-hydrogen) atoms. The average molecular weight is 390 g/mol. The Bertz CT molecular complexity index is 1040. The van der Waals surface area contributed by atoms with E-state index >= 15 is 0 Å².